The number of fused-ring (bicyclic) bond motifs is 1. The molecule has 0 spiro atoms. The van der Waals surface area contributed by atoms with E-state index in [0.717, 1.165) is 39.8 Å². The van der Waals surface area contributed by atoms with E-state index in [0.29, 0.717) is 17.3 Å². The fourth-order valence-corrected chi connectivity index (χ4v) is 4.74. The highest BCUT2D eigenvalue weighted by molar-refractivity contribution is 7.88. The smallest absolute Gasteiger partial charge is 0.229 e. The zero-order chi connectivity index (χ0) is 27.6. The Hall–Kier alpha value is -4.68. The lowest BCUT2D eigenvalue weighted by Crippen LogP contribution is -2.14. The van der Waals surface area contributed by atoms with E-state index in [2.05, 4.69) is 20.6 Å². The molecule has 0 aliphatic rings. The third kappa shape index (κ3) is 6.08. The van der Waals surface area contributed by atoms with Gasteiger partial charge in [-0.2, -0.15) is 4.98 Å². The summed E-state index contributed by atoms with van der Waals surface area (Å²) >= 11 is 0. The predicted molar refractivity (Wildman–Crippen MR) is 154 cm³/mol. The third-order valence-electron chi connectivity index (χ3n) is 6.16. The van der Waals surface area contributed by atoms with Crippen molar-refractivity contribution in [3.05, 3.63) is 84.6 Å². The van der Waals surface area contributed by atoms with E-state index in [1.807, 2.05) is 72.1 Å². The van der Waals surface area contributed by atoms with Crippen molar-refractivity contribution >= 4 is 55.8 Å². The SMILES string of the molecule is COc1ccc(Nc2nc3cc(N(C)c4ccnc(Nc5ccc(CS(N)(=O)=O)cc5)n4)ccc3n2C)cc1. The quantitative estimate of drug-likeness (QED) is 0.246. The van der Waals surface area contributed by atoms with Crippen LogP contribution in [0.1, 0.15) is 5.56 Å². The predicted octanol–water partition coefficient (Wildman–Crippen LogP) is 4.42. The number of aromatic nitrogens is 4. The molecule has 0 fully saturated rings. The highest BCUT2D eigenvalue weighted by atomic mass is 32.2. The van der Waals surface area contributed by atoms with Gasteiger partial charge in [0, 0.05) is 37.4 Å². The van der Waals surface area contributed by atoms with Crippen molar-refractivity contribution < 1.29 is 13.2 Å². The van der Waals surface area contributed by atoms with Crippen molar-refractivity contribution in [3.8, 4) is 5.75 Å². The van der Waals surface area contributed by atoms with Crippen LogP contribution in [0.5, 0.6) is 5.75 Å². The molecule has 0 atom stereocenters. The molecule has 0 saturated heterocycles. The number of methoxy groups -OCH3 is 1. The number of hydrogen-bond donors (Lipinski definition) is 3. The van der Waals surface area contributed by atoms with Gasteiger partial charge in [0.25, 0.3) is 0 Å². The lowest BCUT2D eigenvalue weighted by atomic mass is 10.2. The molecule has 0 bridgehead atoms. The standard InChI is InChI=1S/C27H28N8O3S/c1-34(25-14-15-29-26(33-25)30-19-6-4-18(5-7-19)17-39(28,36)37)21-10-13-24-23(16-21)32-27(35(24)2)31-20-8-11-22(38-3)12-9-20/h4-16H,17H2,1-3H3,(H,31,32)(H2,28,36,37)(H,29,30,33). The number of imidazole rings is 1. The second-order valence-corrected chi connectivity index (χ2v) is 10.6. The molecular weight excluding hydrogens is 516 g/mol. The first-order valence-corrected chi connectivity index (χ1v) is 13.7. The number of nitrogens with two attached hydrogens (primary N) is 1. The summed E-state index contributed by atoms with van der Waals surface area (Å²) in [7, 11) is 1.95. The molecular formula is C27H28N8O3S. The Morgan fingerprint density at radius 2 is 1.64 bits per heavy atom. The highest BCUT2D eigenvalue weighted by Gasteiger charge is 2.13. The lowest BCUT2D eigenvalue weighted by molar-refractivity contribution is 0.415. The van der Waals surface area contributed by atoms with Crippen molar-refractivity contribution in [1.82, 2.24) is 19.5 Å². The van der Waals surface area contributed by atoms with Gasteiger partial charge in [-0.1, -0.05) is 12.1 Å². The summed E-state index contributed by atoms with van der Waals surface area (Å²) in [6.45, 7) is 0. The molecule has 0 amide bonds. The van der Waals surface area contributed by atoms with Crippen LogP contribution in [-0.2, 0) is 22.8 Å². The number of benzene rings is 3. The minimum atomic E-state index is -3.59. The van der Waals surface area contributed by atoms with Crippen LogP contribution in [0.2, 0.25) is 0 Å². The highest BCUT2D eigenvalue weighted by Crippen LogP contribution is 2.29. The van der Waals surface area contributed by atoms with Crippen LogP contribution in [-0.4, -0.2) is 42.1 Å². The number of anilines is 6. The number of ether oxygens (including phenoxy) is 1. The van der Waals surface area contributed by atoms with Crippen molar-refractivity contribution in [2.75, 3.05) is 29.7 Å². The van der Waals surface area contributed by atoms with Gasteiger partial charge in [0.05, 0.1) is 23.9 Å². The first-order valence-electron chi connectivity index (χ1n) is 12.0. The molecule has 39 heavy (non-hydrogen) atoms. The molecule has 4 N–H and O–H groups in total. The van der Waals surface area contributed by atoms with Gasteiger partial charge < -0.3 is 24.8 Å². The average Bonchev–Trinajstić information content (AvgIpc) is 3.23. The van der Waals surface area contributed by atoms with Gasteiger partial charge in [0.15, 0.2) is 0 Å². The summed E-state index contributed by atoms with van der Waals surface area (Å²) in [5.41, 5.74) is 4.97. The number of primary sulfonamides is 1. The Labute approximate surface area is 226 Å². The molecule has 5 rings (SSSR count). The summed E-state index contributed by atoms with van der Waals surface area (Å²) in [5.74, 6) is 2.38. The second-order valence-electron chi connectivity index (χ2n) is 8.95. The molecule has 0 aliphatic carbocycles. The summed E-state index contributed by atoms with van der Waals surface area (Å²) in [4.78, 5) is 15.7. The number of hydrogen-bond acceptors (Lipinski definition) is 9. The molecule has 2 aromatic heterocycles. The topological polar surface area (TPSA) is 140 Å². The van der Waals surface area contributed by atoms with Crippen LogP contribution in [0.3, 0.4) is 0 Å². The third-order valence-corrected chi connectivity index (χ3v) is 6.90. The van der Waals surface area contributed by atoms with Gasteiger partial charge in [-0.3, -0.25) is 0 Å². The Kier molecular flexibility index (Phi) is 7.05. The van der Waals surface area contributed by atoms with Crippen molar-refractivity contribution in [2.45, 2.75) is 5.75 Å². The Balaban J connectivity index is 1.33. The zero-order valence-corrected chi connectivity index (χ0v) is 22.5. The van der Waals surface area contributed by atoms with Crippen LogP contribution in [0.4, 0.5) is 34.8 Å². The molecule has 2 heterocycles. The molecule has 12 heteroatoms. The molecule has 11 nitrogen and oxygen atoms in total. The van der Waals surface area contributed by atoms with E-state index >= 15 is 0 Å². The van der Waals surface area contributed by atoms with E-state index in [1.54, 1.807) is 37.6 Å². The summed E-state index contributed by atoms with van der Waals surface area (Å²) in [6, 6.07) is 22.4. The summed E-state index contributed by atoms with van der Waals surface area (Å²) in [6.07, 6.45) is 1.67. The van der Waals surface area contributed by atoms with Gasteiger partial charge in [-0.15, -0.1) is 0 Å². The summed E-state index contributed by atoms with van der Waals surface area (Å²) in [5, 5.41) is 11.6. The monoisotopic (exact) mass is 544 g/mol. The van der Waals surface area contributed by atoms with E-state index in [1.165, 1.54) is 0 Å². The van der Waals surface area contributed by atoms with Crippen LogP contribution in [0.25, 0.3) is 11.0 Å². The molecule has 0 saturated carbocycles. The maximum Gasteiger partial charge on any atom is 0.229 e. The van der Waals surface area contributed by atoms with Crippen LogP contribution in [0, 0.1) is 0 Å². The van der Waals surface area contributed by atoms with Crippen molar-refractivity contribution in [1.29, 1.82) is 0 Å². The van der Waals surface area contributed by atoms with Crippen LogP contribution >= 0.6 is 0 Å². The molecule has 3 aromatic carbocycles. The van der Waals surface area contributed by atoms with Gasteiger partial charge in [0.2, 0.25) is 21.9 Å². The van der Waals surface area contributed by atoms with Gasteiger partial charge in [-0.05, 0) is 66.2 Å². The van der Waals surface area contributed by atoms with Gasteiger partial charge >= 0.3 is 0 Å². The van der Waals surface area contributed by atoms with E-state index in [4.69, 9.17) is 14.9 Å². The minimum absolute atomic E-state index is 0.219. The normalized spacial score (nSPS) is 11.4. The maximum atomic E-state index is 11.3. The van der Waals surface area contributed by atoms with Crippen molar-refractivity contribution in [3.63, 3.8) is 0 Å². The lowest BCUT2D eigenvalue weighted by Gasteiger charge is -2.19. The van der Waals surface area contributed by atoms with E-state index < -0.39 is 10.0 Å². The number of rotatable bonds is 9. The molecule has 0 radical (unpaired) electrons. The number of aryl methyl sites for hydroxylation is 1. The van der Waals surface area contributed by atoms with Crippen LogP contribution in [0.15, 0.2) is 79.0 Å². The fraction of sp³-hybridized carbons (Fsp3) is 0.148. The van der Waals surface area contributed by atoms with E-state index in [9.17, 15) is 8.42 Å². The molecule has 200 valence electrons. The number of nitrogens with zero attached hydrogens (tertiary/aromatic N) is 5. The molecule has 0 aliphatic heterocycles. The Morgan fingerprint density at radius 1 is 0.949 bits per heavy atom. The minimum Gasteiger partial charge on any atom is -0.497 e. The first-order chi connectivity index (χ1) is 18.7. The number of sulfonamides is 1. The summed E-state index contributed by atoms with van der Waals surface area (Å²) < 4.78 is 29.8. The van der Waals surface area contributed by atoms with Gasteiger partial charge in [0.1, 0.15) is 11.6 Å². The number of nitrogens with one attached hydrogen (secondary N) is 2. The van der Waals surface area contributed by atoms with Crippen molar-refractivity contribution in [2.24, 2.45) is 12.2 Å². The van der Waals surface area contributed by atoms with E-state index in [-0.39, 0.29) is 5.75 Å². The molecule has 5 aromatic rings. The van der Waals surface area contributed by atoms with Crippen LogP contribution < -0.4 is 25.4 Å². The first kappa shape index (κ1) is 25.9. The molecule has 0 unspecified atom stereocenters. The average molecular weight is 545 g/mol. The largest absolute Gasteiger partial charge is 0.497 e. The Morgan fingerprint density at radius 3 is 2.33 bits per heavy atom. The van der Waals surface area contributed by atoms with Gasteiger partial charge in [-0.25, -0.2) is 23.5 Å². The fourth-order valence-electron chi connectivity index (χ4n) is 4.09. The zero-order valence-electron chi connectivity index (χ0n) is 21.7. The second kappa shape index (κ2) is 10.6. The maximum absolute atomic E-state index is 11.3. The Bertz CT molecular complexity index is 1720.